The molecule has 0 bridgehead atoms. The molecule has 0 N–H and O–H groups in total. The molecule has 4 rings (SSSR count). The number of amides is 1. The average molecular weight is 435 g/mol. The molecule has 1 aromatic carbocycles. The fourth-order valence-electron chi connectivity index (χ4n) is 3.85. The Bertz CT molecular complexity index is 877. The number of nitrogens with zero attached hydrogens (tertiary/aromatic N) is 3. The average Bonchev–Trinajstić information content (AvgIpc) is 3.22. The minimum atomic E-state index is -4.43. The van der Waals surface area contributed by atoms with Crippen molar-refractivity contribution in [2.45, 2.75) is 31.3 Å². The lowest BCUT2D eigenvalue weighted by atomic mass is 10.2. The van der Waals surface area contributed by atoms with Crippen LogP contribution in [0.4, 0.5) is 13.2 Å². The van der Waals surface area contributed by atoms with Crippen LogP contribution in [0, 0.1) is 0 Å². The molecular weight excluding hydrogens is 411 g/mol. The lowest BCUT2D eigenvalue weighted by Crippen LogP contribution is -2.50. The third-order valence-corrected chi connectivity index (χ3v) is 5.48. The Morgan fingerprint density at radius 3 is 2.65 bits per heavy atom. The number of hydrogen-bond donors (Lipinski definition) is 0. The van der Waals surface area contributed by atoms with E-state index < -0.39 is 17.8 Å². The maximum absolute atomic E-state index is 12.9. The maximum atomic E-state index is 12.9. The van der Waals surface area contributed by atoms with Crippen molar-refractivity contribution in [2.24, 2.45) is 0 Å². The highest BCUT2D eigenvalue weighted by atomic mass is 19.4. The summed E-state index contributed by atoms with van der Waals surface area (Å²) in [6.07, 6.45) is -3.92. The van der Waals surface area contributed by atoms with E-state index in [1.807, 2.05) is 18.2 Å². The molecule has 2 aromatic rings. The van der Waals surface area contributed by atoms with Gasteiger partial charge in [-0.05, 0) is 11.6 Å². The first-order valence-electron chi connectivity index (χ1n) is 10.2. The standard InChI is InChI=1S/C22H24F3N3O3/c23-22(24,25)17-6-7-20(26-12-17)31-18-8-9-28(14-18)21(29)19-15-27(10-11-30-19)13-16-4-2-1-3-5-16/h1-7,12,18-19H,8-11,13-15H2/t18-,19+/m1/s1. The van der Waals surface area contributed by atoms with Gasteiger partial charge in [0.05, 0.1) is 18.7 Å². The summed E-state index contributed by atoms with van der Waals surface area (Å²) in [6.45, 7) is 3.43. The summed E-state index contributed by atoms with van der Waals surface area (Å²) in [5.74, 6) is 0.0412. The molecule has 6 nitrogen and oxygen atoms in total. The molecule has 0 radical (unpaired) electrons. The number of rotatable bonds is 5. The molecular formula is C22H24F3N3O3. The van der Waals surface area contributed by atoms with Gasteiger partial charge in [0, 0.05) is 44.9 Å². The number of morpholine rings is 1. The van der Waals surface area contributed by atoms with E-state index in [2.05, 4.69) is 22.0 Å². The van der Waals surface area contributed by atoms with E-state index in [0.717, 1.165) is 25.4 Å². The number of aromatic nitrogens is 1. The highest BCUT2D eigenvalue weighted by Crippen LogP contribution is 2.29. The van der Waals surface area contributed by atoms with Gasteiger partial charge in [0.15, 0.2) is 0 Å². The van der Waals surface area contributed by atoms with Crippen LogP contribution in [0.1, 0.15) is 17.5 Å². The molecule has 166 valence electrons. The van der Waals surface area contributed by atoms with Gasteiger partial charge in [-0.2, -0.15) is 13.2 Å². The van der Waals surface area contributed by atoms with Crippen molar-refractivity contribution in [1.82, 2.24) is 14.8 Å². The monoisotopic (exact) mass is 435 g/mol. The fourth-order valence-corrected chi connectivity index (χ4v) is 3.85. The molecule has 2 aliphatic rings. The van der Waals surface area contributed by atoms with Gasteiger partial charge >= 0.3 is 6.18 Å². The lowest BCUT2D eigenvalue weighted by Gasteiger charge is -2.34. The van der Waals surface area contributed by atoms with Crippen LogP contribution in [0.3, 0.4) is 0 Å². The van der Waals surface area contributed by atoms with Crippen molar-refractivity contribution in [3.05, 3.63) is 59.8 Å². The number of benzene rings is 1. The van der Waals surface area contributed by atoms with Crippen LogP contribution in [0.5, 0.6) is 5.88 Å². The van der Waals surface area contributed by atoms with Crippen molar-refractivity contribution in [2.75, 3.05) is 32.8 Å². The van der Waals surface area contributed by atoms with Crippen LogP contribution in [-0.4, -0.2) is 65.7 Å². The van der Waals surface area contributed by atoms with Gasteiger partial charge in [-0.15, -0.1) is 0 Å². The summed E-state index contributed by atoms with van der Waals surface area (Å²) in [5, 5.41) is 0. The van der Waals surface area contributed by atoms with Crippen molar-refractivity contribution in [1.29, 1.82) is 0 Å². The zero-order chi connectivity index (χ0) is 21.8. The number of carbonyl (C=O) groups is 1. The minimum absolute atomic E-state index is 0.0794. The zero-order valence-corrected chi connectivity index (χ0v) is 16.9. The van der Waals surface area contributed by atoms with Crippen LogP contribution in [0.25, 0.3) is 0 Å². The van der Waals surface area contributed by atoms with E-state index in [1.165, 1.54) is 11.6 Å². The molecule has 1 amide bonds. The van der Waals surface area contributed by atoms with Gasteiger partial charge in [-0.3, -0.25) is 9.69 Å². The fraction of sp³-hybridized carbons (Fsp3) is 0.455. The summed E-state index contributed by atoms with van der Waals surface area (Å²) >= 11 is 0. The van der Waals surface area contributed by atoms with Crippen LogP contribution >= 0.6 is 0 Å². The smallest absolute Gasteiger partial charge is 0.417 e. The van der Waals surface area contributed by atoms with Crippen molar-refractivity contribution in [3.8, 4) is 5.88 Å². The SMILES string of the molecule is O=C([C@@H]1CN(Cc2ccccc2)CCO1)N1CC[C@@H](Oc2ccc(C(F)(F)F)cn2)C1. The number of ether oxygens (including phenoxy) is 2. The maximum Gasteiger partial charge on any atom is 0.417 e. The van der Waals surface area contributed by atoms with Crippen LogP contribution in [-0.2, 0) is 22.3 Å². The summed E-state index contributed by atoms with van der Waals surface area (Å²) in [6, 6.07) is 12.2. The van der Waals surface area contributed by atoms with E-state index in [1.54, 1.807) is 4.90 Å². The third-order valence-electron chi connectivity index (χ3n) is 5.48. The molecule has 2 atom stereocenters. The number of alkyl halides is 3. The summed E-state index contributed by atoms with van der Waals surface area (Å²) in [7, 11) is 0. The van der Waals surface area contributed by atoms with Crippen LogP contribution in [0.2, 0.25) is 0 Å². The predicted octanol–water partition coefficient (Wildman–Crippen LogP) is 2.98. The van der Waals surface area contributed by atoms with Gasteiger partial charge in [0.1, 0.15) is 12.2 Å². The molecule has 1 aromatic heterocycles. The van der Waals surface area contributed by atoms with E-state index in [9.17, 15) is 18.0 Å². The van der Waals surface area contributed by atoms with Gasteiger partial charge in [0.2, 0.25) is 5.88 Å². The van der Waals surface area contributed by atoms with Gasteiger partial charge in [-0.25, -0.2) is 4.98 Å². The van der Waals surface area contributed by atoms with Gasteiger partial charge in [0.25, 0.3) is 5.91 Å². The topological polar surface area (TPSA) is 54.9 Å². The molecule has 0 spiro atoms. The molecule has 3 heterocycles. The quantitative estimate of drug-likeness (QED) is 0.723. The first-order chi connectivity index (χ1) is 14.9. The highest BCUT2D eigenvalue weighted by Gasteiger charge is 2.35. The predicted molar refractivity (Wildman–Crippen MR) is 106 cm³/mol. The van der Waals surface area contributed by atoms with E-state index in [0.29, 0.717) is 32.7 Å². The Morgan fingerprint density at radius 1 is 1.13 bits per heavy atom. The molecule has 2 fully saturated rings. The Hall–Kier alpha value is -2.65. The second kappa shape index (κ2) is 9.23. The molecule has 0 unspecified atom stereocenters. The van der Waals surface area contributed by atoms with Crippen LogP contribution in [0.15, 0.2) is 48.7 Å². The van der Waals surface area contributed by atoms with Crippen molar-refractivity contribution in [3.63, 3.8) is 0 Å². The lowest BCUT2D eigenvalue weighted by molar-refractivity contribution is -0.149. The number of hydrogen-bond acceptors (Lipinski definition) is 5. The van der Waals surface area contributed by atoms with Gasteiger partial charge < -0.3 is 14.4 Å². The molecule has 31 heavy (non-hydrogen) atoms. The molecule has 0 saturated carbocycles. The Morgan fingerprint density at radius 2 is 1.94 bits per heavy atom. The molecule has 2 aliphatic heterocycles. The minimum Gasteiger partial charge on any atom is -0.472 e. The largest absolute Gasteiger partial charge is 0.472 e. The number of carbonyl (C=O) groups excluding carboxylic acids is 1. The summed E-state index contributed by atoms with van der Waals surface area (Å²) < 4.78 is 49.4. The van der Waals surface area contributed by atoms with E-state index >= 15 is 0 Å². The Balaban J connectivity index is 1.29. The highest BCUT2D eigenvalue weighted by molar-refractivity contribution is 5.81. The number of pyridine rings is 1. The van der Waals surface area contributed by atoms with Crippen molar-refractivity contribution < 1.29 is 27.4 Å². The van der Waals surface area contributed by atoms with Crippen molar-refractivity contribution >= 4 is 5.91 Å². The summed E-state index contributed by atoms with van der Waals surface area (Å²) in [5.41, 5.74) is 0.367. The number of halogens is 3. The second-order valence-electron chi connectivity index (χ2n) is 7.78. The zero-order valence-electron chi connectivity index (χ0n) is 16.9. The third kappa shape index (κ3) is 5.54. The second-order valence-corrected chi connectivity index (χ2v) is 7.78. The first-order valence-corrected chi connectivity index (χ1v) is 10.2. The summed E-state index contributed by atoms with van der Waals surface area (Å²) in [4.78, 5) is 20.6. The van der Waals surface area contributed by atoms with Crippen LogP contribution < -0.4 is 4.74 Å². The molecule has 2 saturated heterocycles. The molecule has 9 heteroatoms. The molecule has 0 aliphatic carbocycles. The van der Waals surface area contributed by atoms with E-state index in [-0.39, 0.29) is 17.9 Å². The van der Waals surface area contributed by atoms with Gasteiger partial charge in [-0.1, -0.05) is 30.3 Å². The first kappa shape index (κ1) is 21.6. The Labute approximate surface area is 178 Å². The number of likely N-dealkylation sites (tertiary alicyclic amines) is 1. The Kier molecular flexibility index (Phi) is 6.43. The van der Waals surface area contributed by atoms with E-state index in [4.69, 9.17) is 9.47 Å². The normalized spacial score (nSPS) is 22.5.